The van der Waals surface area contributed by atoms with Crippen molar-refractivity contribution in [2.75, 3.05) is 7.05 Å². The van der Waals surface area contributed by atoms with Crippen molar-refractivity contribution < 1.29 is 13.2 Å². The lowest BCUT2D eigenvalue weighted by Crippen LogP contribution is -1.90. The molecular weight excluding hydrogens is 167 g/mol. The van der Waals surface area contributed by atoms with E-state index in [4.69, 9.17) is 0 Å². The average Bonchev–Trinajstić information content (AvgIpc) is 2.04. The second-order valence-electron chi connectivity index (χ2n) is 2.04. The third-order valence-corrected chi connectivity index (χ3v) is 1.13. The van der Waals surface area contributed by atoms with Crippen LogP contribution in [0.1, 0.15) is 5.56 Å². The van der Waals surface area contributed by atoms with Gasteiger partial charge < -0.3 is 5.73 Å². The first-order chi connectivity index (χ1) is 5.61. The molecular formula is C8H10F3N. The van der Waals surface area contributed by atoms with Crippen LogP contribution in [0.4, 0.5) is 13.2 Å². The van der Waals surface area contributed by atoms with Gasteiger partial charge in [-0.1, -0.05) is 0 Å². The van der Waals surface area contributed by atoms with Gasteiger partial charge in [0, 0.05) is 0 Å². The van der Waals surface area contributed by atoms with Gasteiger partial charge in [-0.2, -0.15) is 0 Å². The Morgan fingerprint density at radius 3 is 1.67 bits per heavy atom. The lowest BCUT2D eigenvalue weighted by Gasteiger charge is -1.95. The summed E-state index contributed by atoms with van der Waals surface area (Å²) in [5.74, 6) is -3.69. The summed E-state index contributed by atoms with van der Waals surface area (Å²) in [6.07, 6.45) is 0. The molecule has 4 heteroatoms. The standard InChI is InChI=1S/C7H5F3.CH5N/c1-4-2-5(8)7(10)6(9)3-4;1-2/h2-3H,1H3;2H2,1H3. The minimum Gasteiger partial charge on any atom is -0.333 e. The molecule has 0 unspecified atom stereocenters. The smallest absolute Gasteiger partial charge is 0.194 e. The van der Waals surface area contributed by atoms with E-state index < -0.39 is 17.5 Å². The Balaban J connectivity index is 0.000000561. The van der Waals surface area contributed by atoms with E-state index in [9.17, 15) is 13.2 Å². The van der Waals surface area contributed by atoms with Gasteiger partial charge in [0.25, 0.3) is 0 Å². The van der Waals surface area contributed by atoms with Crippen molar-refractivity contribution in [1.29, 1.82) is 0 Å². The molecule has 0 amide bonds. The highest BCUT2D eigenvalue weighted by atomic mass is 19.2. The van der Waals surface area contributed by atoms with Crippen LogP contribution in [0.2, 0.25) is 0 Å². The maximum atomic E-state index is 12.2. The molecule has 1 nitrogen and oxygen atoms in total. The van der Waals surface area contributed by atoms with E-state index in [1.165, 1.54) is 14.0 Å². The number of rotatable bonds is 0. The van der Waals surface area contributed by atoms with E-state index in [0.717, 1.165) is 12.1 Å². The molecule has 12 heavy (non-hydrogen) atoms. The molecule has 1 aromatic rings. The average molecular weight is 177 g/mol. The van der Waals surface area contributed by atoms with Crippen molar-refractivity contribution in [2.45, 2.75) is 6.92 Å². The van der Waals surface area contributed by atoms with Crippen LogP contribution in [0.3, 0.4) is 0 Å². The van der Waals surface area contributed by atoms with E-state index in [1.54, 1.807) is 0 Å². The SMILES string of the molecule is CN.Cc1cc(F)c(F)c(F)c1. The summed E-state index contributed by atoms with van der Waals surface area (Å²) < 4.78 is 36.6. The maximum Gasteiger partial charge on any atom is 0.194 e. The molecule has 0 atom stereocenters. The molecule has 0 heterocycles. The molecule has 0 bridgehead atoms. The molecule has 0 aliphatic heterocycles. The van der Waals surface area contributed by atoms with Crippen LogP contribution in [0.25, 0.3) is 0 Å². The van der Waals surface area contributed by atoms with E-state index >= 15 is 0 Å². The van der Waals surface area contributed by atoms with Gasteiger partial charge >= 0.3 is 0 Å². The second kappa shape index (κ2) is 4.77. The highest BCUT2D eigenvalue weighted by Crippen LogP contribution is 2.11. The Hall–Kier alpha value is -1.03. The quantitative estimate of drug-likeness (QED) is 0.602. The Labute approximate surface area is 69.0 Å². The Morgan fingerprint density at radius 1 is 1.00 bits per heavy atom. The third-order valence-electron chi connectivity index (χ3n) is 1.13. The predicted molar refractivity (Wildman–Crippen MR) is 41.2 cm³/mol. The zero-order valence-corrected chi connectivity index (χ0v) is 6.87. The van der Waals surface area contributed by atoms with Crippen molar-refractivity contribution >= 4 is 0 Å². The fourth-order valence-corrected chi connectivity index (χ4v) is 0.682. The molecule has 0 aromatic heterocycles. The van der Waals surface area contributed by atoms with Crippen molar-refractivity contribution in [2.24, 2.45) is 5.73 Å². The lowest BCUT2D eigenvalue weighted by molar-refractivity contribution is 0.446. The molecule has 0 fully saturated rings. The van der Waals surface area contributed by atoms with Gasteiger partial charge in [-0.3, -0.25) is 0 Å². The van der Waals surface area contributed by atoms with Crippen LogP contribution in [0, 0.1) is 24.4 Å². The largest absolute Gasteiger partial charge is 0.333 e. The molecule has 0 spiro atoms. The van der Waals surface area contributed by atoms with E-state index in [2.05, 4.69) is 5.73 Å². The molecule has 1 rings (SSSR count). The minimum atomic E-state index is -1.41. The minimum absolute atomic E-state index is 0.372. The lowest BCUT2D eigenvalue weighted by atomic mass is 10.2. The summed E-state index contributed by atoms with van der Waals surface area (Å²) in [5, 5.41) is 0. The van der Waals surface area contributed by atoms with Gasteiger partial charge in [-0.05, 0) is 31.7 Å². The van der Waals surface area contributed by atoms with Gasteiger partial charge in [-0.25, -0.2) is 13.2 Å². The first-order valence-electron chi connectivity index (χ1n) is 3.30. The zero-order chi connectivity index (χ0) is 9.72. The van der Waals surface area contributed by atoms with Gasteiger partial charge in [0.2, 0.25) is 0 Å². The zero-order valence-electron chi connectivity index (χ0n) is 6.87. The molecule has 0 saturated carbocycles. The van der Waals surface area contributed by atoms with Crippen LogP contribution in [0.15, 0.2) is 12.1 Å². The molecule has 1 aromatic carbocycles. The molecule has 0 radical (unpaired) electrons. The van der Waals surface area contributed by atoms with Crippen molar-refractivity contribution in [3.8, 4) is 0 Å². The van der Waals surface area contributed by atoms with Crippen molar-refractivity contribution in [3.63, 3.8) is 0 Å². The predicted octanol–water partition coefficient (Wildman–Crippen LogP) is 1.99. The first kappa shape index (κ1) is 11.0. The summed E-state index contributed by atoms with van der Waals surface area (Å²) in [5.41, 5.74) is 4.87. The Morgan fingerprint density at radius 2 is 1.33 bits per heavy atom. The van der Waals surface area contributed by atoms with E-state index in [1.807, 2.05) is 0 Å². The number of nitrogens with two attached hydrogens (primary N) is 1. The van der Waals surface area contributed by atoms with E-state index in [-0.39, 0.29) is 0 Å². The van der Waals surface area contributed by atoms with Crippen LogP contribution in [-0.4, -0.2) is 7.05 Å². The topological polar surface area (TPSA) is 26.0 Å². The van der Waals surface area contributed by atoms with Crippen molar-refractivity contribution in [1.82, 2.24) is 0 Å². The number of hydrogen-bond donors (Lipinski definition) is 1. The monoisotopic (exact) mass is 177 g/mol. The highest BCUT2D eigenvalue weighted by molar-refractivity contribution is 5.17. The van der Waals surface area contributed by atoms with Crippen LogP contribution >= 0.6 is 0 Å². The second-order valence-corrected chi connectivity index (χ2v) is 2.04. The van der Waals surface area contributed by atoms with Gasteiger partial charge in [0.15, 0.2) is 17.5 Å². The molecule has 0 saturated heterocycles. The molecule has 0 aliphatic rings. The Bertz CT molecular complexity index is 237. The molecule has 68 valence electrons. The van der Waals surface area contributed by atoms with Crippen LogP contribution in [0.5, 0.6) is 0 Å². The van der Waals surface area contributed by atoms with Crippen LogP contribution in [-0.2, 0) is 0 Å². The number of halogens is 3. The fraction of sp³-hybridized carbons (Fsp3) is 0.250. The highest BCUT2D eigenvalue weighted by Gasteiger charge is 2.07. The number of aryl methyl sites for hydroxylation is 1. The summed E-state index contributed by atoms with van der Waals surface area (Å²) in [6.45, 7) is 1.49. The maximum absolute atomic E-state index is 12.2. The van der Waals surface area contributed by atoms with Gasteiger partial charge in [-0.15, -0.1) is 0 Å². The van der Waals surface area contributed by atoms with Crippen LogP contribution < -0.4 is 5.73 Å². The summed E-state index contributed by atoms with van der Waals surface area (Å²) in [4.78, 5) is 0. The fourth-order valence-electron chi connectivity index (χ4n) is 0.682. The van der Waals surface area contributed by atoms with Crippen molar-refractivity contribution in [3.05, 3.63) is 35.1 Å². The van der Waals surface area contributed by atoms with Gasteiger partial charge in [0.1, 0.15) is 0 Å². The number of hydrogen-bond acceptors (Lipinski definition) is 1. The summed E-state index contributed by atoms with van der Waals surface area (Å²) in [7, 11) is 1.50. The molecule has 2 N–H and O–H groups in total. The summed E-state index contributed by atoms with van der Waals surface area (Å²) >= 11 is 0. The normalized spacial score (nSPS) is 8.83. The third kappa shape index (κ3) is 2.54. The van der Waals surface area contributed by atoms with E-state index in [0.29, 0.717) is 5.56 Å². The Kier molecular flexibility index (Phi) is 4.36. The summed E-state index contributed by atoms with van der Waals surface area (Å²) in [6, 6.07) is 1.89. The number of benzene rings is 1. The van der Waals surface area contributed by atoms with Gasteiger partial charge in [0.05, 0.1) is 0 Å². The molecule has 0 aliphatic carbocycles. The first-order valence-corrected chi connectivity index (χ1v) is 3.30.